The van der Waals surface area contributed by atoms with Gasteiger partial charge in [0.05, 0.1) is 15.7 Å². The summed E-state index contributed by atoms with van der Waals surface area (Å²) in [5, 5.41) is 10.1. The Labute approximate surface area is 205 Å². The van der Waals surface area contributed by atoms with Crippen molar-refractivity contribution in [2.45, 2.75) is 12.5 Å². The lowest BCUT2D eigenvalue weighted by molar-refractivity contribution is -0.138. The molecule has 0 radical (unpaired) electrons. The van der Waals surface area contributed by atoms with Crippen molar-refractivity contribution in [3.05, 3.63) is 58.1 Å². The van der Waals surface area contributed by atoms with Crippen LogP contribution < -0.4 is 15.4 Å². The summed E-state index contributed by atoms with van der Waals surface area (Å²) in [6, 6.07) is 12.2. The number of carboxylic acids is 1. The number of anilines is 1. The average molecular weight is 511 g/mol. The van der Waals surface area contributed by atoms with Crippen molar-refractivity contribution in [2.75, 3.05) is 44.2 Å². The van der Waals surface area contributed by atoms with Gasteiger partial charge < -0.3 is 20.5 Å². The van der Waals surface area contributed by atoms with Crippen LogP contribution in [0.25, 0.3) is 0 Å². The quantitative estimate of drug-likeness (QED) is 0.559. The molecule has 0 aromatic heterocycles. The standard InChI is InChI=1S/C21H25Cl2N3O3.2ClH/c22-17-2-1-3-19(20(17)23)26-10-8-25(9-11-26)12-13-29-16-6-4-15(5-7-16)14-18(24)21(27)28;;/h1-7,18H,8-14,24H2,(H,27,28);2*1H/t18-;;/m0../s1. The predicted octanol–water partition coefficient (Wildman–Crippen LogP) is 3.99. The van der Waals surface area contributed by atoms with Crippen molar-refractivity contribution in [2.24, 2.45) is 5.73 Å². The van der Waals surface area contributed by atoms with E-state index >= 15 is 0 Å². The highest BCUT2D eigenvalue weighted by Crippen LogP contribution is 2.32. The van der Waals surface area contributed by atoms with Crippen LogP contribution in [-0.2, 0) is 11.2 Å². The largest absolute Gasteiger partial charge is 0.492 e. The SMILES string of the molecule is Cl.Cl.N[C@@H](Cc1ccc(OCCN2CCN(c3cccc(Cl)c3Cl)CC2)cc1)C(=O)O. The molecule has 172 valence electrons. The highest BCUT2D eigenvalue weighted by atomic mass is 35.5. The van der Waals surface area contributed by atoms with E-state index in [0.29, 0.717) is 23.1 Å². The van der Waals surface area contributed by atoms with E-state index in [2.05, 4.69) is 9.80 Å². The van der Waals surface area contributed by atoms with Crippen LogP contribution in [0.5, 0.6) is 5.75 Å². The van der Waals surface area contributed by atoms with Crippen LogP contribution in [0, 0.1) is 0 Å². The number of rotatable bonds is 8. The molecule has 0 amide bonds. The predicted molar refractivity (Wildman–Crippen MR) is 131 cm³/mol. The summed E-state index contributed by atoms with van der Waals surface area (Å²) in [7, 11) is 0. The smallest absolute Gasteiger partial charge is 0.320 e. The third kappa shape index (κ3) is 7.90. The first-order chi connectivity index (χ1) is 13.9. The van der Waals surface area contributed by atoms with Crippen LogP contribution in [0.4, 0.5) is 5.69 Å². The second-order valence-corrected chi connectivity index (χ2v) is 7.83. The molecule has 0 aliphatic carbocycles. The molecule has 0 saturated carbocycles. The lowest BCUT2D eigenvalue weighted by Crippen LogP contribution is -2.47. The molecule has 1 atom stereocenters. The van der Waals surface area contributed by atoms with Crippen LogP contribution >= 0.6 is 48.0 Å². The molecule has 0 unspecified atom stereocenters. The minimum Gasteiger partial charge on any atom is -0.492 e. The number of carbonyl (C=O) groups is 1. The Hall–Kier alpha value is -1.41. The zero-order valence-electron chi connectivity index (χ0n) is 16.9. The van der Waals surface area contributed by atoms with Crippen LogP contribution in [0.1, 0.15) is 5.56 Å². The summed E-state index contributed by atoms with van der Waals surface area (Å²) in [6.07, 6.45) is 0.302. The first kappa shape index (κ1) is 27.6. The van der Waals surface area contributed by atoms with Gasteiger partial charge in [0.25, 0.3) is 0 Å². The maximum atomic E-state index is 10.8. The summed E-state index contributed by atoms with van der Waals surface area (Å²) >= 11 is 12.4. The number of hydrogen-bond acceptors (Lipinski definition) is 5. The summed E-state index contributed by atoms with van der Waals surface area (Å²) in [4.78, 5) is 15.4. The van der Waals surface area contributed by atoms with Crippen molar-refractivity contribution in [1.82, 2.24) is 4.90 Å². The van der Waals surface area contributed by atoms with Gasteiger partial charge >= 0.3 is 5.97 Å². The van der Waals surface area contributed by atoms with Gasteiger partial charge in [-0.05, 0) is 36.2 Å². The number of nitrogens with zero attached hydrogens (tertiary/aromatic N) is 2. The average Bonchev–Trinajstić information content (AvgIpc) is 2.72. The van der Waals surface area contributed by atoms with Gasteiger partial charge in [-0.25, -0.2) is 0 Å². The molecule has 31 heavy (non-hydrogen) atoms. The number of benzene rings is 2. The van der Waals surface area contributed by atoms with Gasteiger partial charge in [-0.15, -0.1) is 24.8 Å². The van der Waals surface area contributed by atoms with E-state index in [1.807, 2.05) is 36.4 Å². The molecule has 3 N–H and O–H groups in total. The van der Waals surface area contributed by atoms with Gasteiger partial charge in [-0.3, -0.25) is 9.69 Å². The Morgan fingerprint density at radius 1 is 1.06 bits per heavy atom. The Balaban J connectivity index is 0.00000240. The molecule has 10 heteroatoms. The summed E-state index contributed by atoms with van der Waals surface area (Å²) < 4.78 is 5.82. The van der Waals surface area contributed by atoms with E-state index < -0.39 is 12.0 Å². The molecule has 0 bridgehead atoms. The van der Waals surface area contributed by atoms with E-state index in [1.165, 1.54) is 0 Å². The van der Waals surface area contributed by atoms with Crippen LogP contribution in [0.15, 0.2) is 42.5 Å². The van der Waals surface area contributed by atoms with Gasteiger partial charge in [0.2, 0.25) is 0 Å². The Kier molecular flexibility index (Phi) is 11.8. The molecule has 3 rings (SSSR count). The third-order valence-corrected chi connectivity index (χ3v) is 5.83. The van der Waals surface area contributed by atoms with Crippen molar-refractivity contribution in [1.29, 1.82) is 0 Å². The van der Waals surface area contributed by atoms with E-state index in [9.17, 15) is 4.79 Å². The molecule has 1 aliphatic heterocycles. The zero-order chi connectivity index (χ0) is 20.8. The fraction of sp³-hybridized carbons (Fsp3) is 0.381. The zero-order valence-corrected chi connectivity index (χ0v) is 20.0. The number of nitrogens with two attached hydrogens (primary N) is 1. The number of piperazine rings is 1. The van der Waals surface area contributed by atoms with Crippen molar-refractivity contribution in [3.63, 3.8) is 0 Å². The van der Waals surface area contributed by atoms with Gasteiger partial charge in [-0.2, -0.15) is 0 Å². The maximum Gasteiger partial charge on any atom is 0.320 e. The Bertz CT molecular complexity index is 831. The van der Waals surface area contributed by atoms with Gasteiger partial charge in [-0.1, -0.05) is 41.4 Å². The molecular weight excluding hydrogens is 484 g/mol. The van der Waals surface area contributed by atoms with E-state index in [0.717, 1.165) is 49.7 Å². The minimum atomic E-state index is -0.997. The fourth-order valence-corrected chi connectivity index (χ4v) is 3.72. The fourth-order valence-electron chi connectivity index (χ4n) is 3.30. The van der Waals surface area contributed by atoms with E-state index in [4.69, 9.17) is 38.8 Å². The van der Waals surface area contributed by atoms with E-state index in [1.54, 1.807) is 6.07 Å². The summed E-state index contributed by atoms with van der Waals surface area (Å²) in [6.45, 7) is 5.06. The van der Waals surface area contributed by atoms with E-state index in [-0.39, 0.29) is 24.8 Å². The Morgan fingerprint density at radius 2 is 1.71 bits per heavy atom. The highest BCUT2D eigenvalue weighted by molar-refractivity contribution is 6.43. The van der Waals surface area contributed by atoms with Crippen LogP contribution in [0.3, 0.4) is 0 Å². The second kappa shape index (κ2) is 13.2. The topological polar surface area (TPSA) is 79.0 Å². The number of hydrogen-bond donors (Lipinski definition) is 2. The minimum absolute atomic E-state index is 0. The molecule has 1 heterocycles. The van der Waals surface area contributed by atoms with Gasteiger partial charge in [0, 0.05) is 32.7 Å². The molecule has 1 fully saturated rings. The summed E-state index contributed by atoms with van der Waals surface area (Å²) in [5.41, 5.74) is 7.42. The van der Waals surface area contributed by atoms with Gasteiger partial charge in [0.15, 0.2) is 0 Å². The molecule has 6 nitrogen and oxygen atoms in total. The second-order valence-electron chi connectivity index (χ2n) is 7.04. The lowest BCUT2D eigenvalue weighted by Gasteiger charge is -2.36. The molecule has 2 aromatic carbocycles. The first-order valence-corrected chi connectivity index (χ1v) is 10.3. The van der Waals surface area contributed by atoms with Crippen LogP contribution in [0.2, 0.25) is 10.0 Å². The molecular formula is C21H27Cl4N3O3. The lowest BCUT2D eigenvalue weighted by atomic mass is 10.1. The third-order valence-electron chi connectivity index (χ3n) is 5.02. The maximum absolute atomic E-state index is 10.8. The molecule has 1 aliphatic rings. The molecule has 1 saturated heterocycles. The van der Waals surface area contributed by atoms with Gasteiger partial charge in [0.1, 0.15) is 18.4 Å². The van der Waals surface area contributed by atoms with Crippen molar-refractivity contribution in [3.8, 4) is 5.75 Å². The van der Waals surface area contributed by atoms with Crippen LogP contribution in [-0.4, -0.2) is 61.3 Å². The van der Waals surface area contributed by atoms with Crippen molar-refractivity contribution >= 4 is 59.7 Å². The summed E-state index contributed by atoms with van der Waals surface area (Å²) in [5.74, 6) is -0.231. The molecule has 2 aromatic rings. The number of carboxylic acid groups (broad SMARTS) is 1. The number of aliphatic carboxylic acids is 1. The Morgan fingerprint density at radius 3 is 2.32 bits per heavy atom. The molecule has 0 spiro atoms. The first-order valence-electron chi connectivity index (χ1n) is 9.55. The number of ether oxygens (including phenoxy) is 1. The van der Waals surface area contributed by atoms with Crippen molar-refractivity contribution < 1.29 is 14.6 Å². The monoisotopic (exact) mass is 509 g/mol. The highest BCUT2D eigenvalue weighted by Gasteiger charge is 2.19. The number of halogens is 4. The normalized spacial score (nSPS) is 14.9.